The van der Waals surface area contributed by atoms with Crippen molar-refractivity contribution in [3.8, 4) is 0 Å². The summed E-state index contributed by atoms with van der Waals surface area (Å²) < 4.78 is 6.18. The van der Waals surface area contributed by atoms with Gasteiger partial charge in [-0.05, 0) is 36.9 Å². The smallest absolute Gasteiger partial charge is 0.137 e. The summed E-state index contributed by atoms with van der Waals surface area (Å²) in [7, 11) is 0. The largest absolute Gasteiger partial charge is 0.459 e. The molecular weight excluding hydrogens is 234 g/mol. The van der Waals surface area contributed by atoms with Crippen molar-refractivity contribution >= 4 is 11.0 Å². The van der Waals surface area contributed by atoms with Gasteiger partial charge in [-0.3, -0.25) is 0 Å². The lowest BCUT2D eigenvalue weighted by Crippen LogP contribution is -2.18. The summed E-state index contributed by atoms with van der Waals surface area (Å²) in [4.78, 5) is 0. The Balaban J connectivity index is 2.74. The molecule has 0 saturated carbocycles. The molecule has 2 rings (SSSR count). The van der Waals surface area contributed by atoms with Gasteiger partial charge in [0.25, 0.3) is 0 Å². The summed E-state index contributed by atoms with van der Waals surface area (Å²) in [6, 6.07) is 4.34. The Kier molecular flexibility index (Phi) is 3.73. The number of furan rings is 1. The summed E-state index contributed by atoms with van der Waals surface area (Å²) in [5.41, 5.74) is 5.02. The number of aryl methyl sites for hydroxylation is 2. The molecule has 1 N–H and O–H groups in total. The van der Waals surface area contributed by atoms with E-state index in [0.29, 0.717) is 0 Å². The van der Waals surface area contributed by atoms with Crippen LogP contribution in [-0.4, -0.2) is 6.54 Å². The maximum absolute atomic E-state index is 6.18. The molecule has 1 aromatic heterocycles. The molecule has 1 aromatic carbocycles. The molecule has 0 radical (unpaired) electrons. The first kappa shape index (κ1) is 14.1. The molecule has 0 saturated heterocycles. The molecule has 0 unspecified atom stereocenters. The van der Waals surface area contributed by atoms with Crippen LogP contribution in [0.15, 0.2) is 16.5 Å². The number of nitrogens with one attached hydrogen (secondary N) is 1. The van der Waals surface area contributed by atoms with Crippen LogP contribution in [0.3, 0.4) is 0 Å². The van der Waals surface area contributed by atoms with Crippen LogP contribution in [0, 0.1) is 13.8 Å². The number of fused-ring (bicyclic) bond motifs is 1. The summed E-state index contributed by atoms with van der Waals surface area (Å²) in [5.74, 6) is 1.08. The van der Waals surface area contributed by atoms with Crippen LogP contribution < -0.4 is 5.32 Å². The molecule has 0 spiro atoms. The Morgan fingerprint density at radius 2 is 1.74 bits per heavy atom. The van der Waals surface area contributed by atoms with E-state index in [1.807, 2.05) is 0 Å². The third-order valence-electron chi connectivity index (χ3n) is 3.60. The number of rotatable bonds is 3. The third-order valence-corrected chi connectivity index (χ3v) is 3.60. The highest BCUT2D eigenvalue weighted by Crippen LogP contribution is 2.38. The molecule has 0 aliphatic heterocycles. The summed E-state index contributed by atoms with van der Waals surface area (Å²) in [5, 5.41) is 4.69. The molecule has 0 aliphatic rings. The van der Waals surface area contributed by atoms with Crippen molar-refractivity contribution in [3.63, 3.8) is 0 Å². The van der Waals surface area contributed by atoms with E-state index >= 15 is 0 Å². The molecule has 0 atom stereocenters. The van der Waals surface area contributed by atoms with Crippen molar-refractivity contribution in [2.24, 2.45) is 0 Å². The first-order valence-electron chi connectivity index (χ1n) is 7.09. The standard InChI is InChI=1S/C17H25NO/c1-7-18-10-13-15(17(4,5)6)14-11(2)8-9-12(3)16(14)19-13/h8-9,18H,7,10H2,1-6H3. The topological polar surface area (TPSA) is 25.2 Å². The number of hydrogen-bond acceptors (Lipinski definition) is 2. The Morgan fingerprint density at radius 3 is 2.32 bits per heavy atom. The van der Waals surface area contributed by atoms with E-state index in [1.165, 1.54) is 22.1 Å². The summed E-state index contributed by atoms with van der Waals surface area (Å²) in [6.45, 7) is 14.9. The Bertz CT molecular complexity index is 587. The lowest BCUT2D eigenvalue weighted by molar-refractivity contribution is 0.486. The molecule has 0 amide bonds. The van der Waals surface area contributed by atoms with E-state index in [4.69, 9.17) is 4.42 Å². The predicted octanol–water partition coefficient (Wildman–Crippen LogP) is 4.46. The molecule has 2 nitrogen and oxygen atoms in total. The number of benzene rings is 1. The average molecular weight is 259 g/mol. The van der Waals surface area contributed by atoms with E-state index in [2.05, 4.69) is 59.0 Å². The van der Waals surface area contributed by atoms with Gasteiger partial charge >= 0.3 is 0 Å². The van der Waals surface area contributed by atoms with E-state index in [0.717, 1.165) is 24.4 Å². The SMILES string of the molecule is CCNCc1oc2c(C)ccc(C)c2c1C(C)(C)C. The fourth-order valence-corrected chi connectivity index (χ4v) is 2.70. The molecule has 0 fully saturated rings. The van der Waals surface area contributed by atoms with Gasteiger partial charge in [0, 0.05) is 10.9 Å². The van der Waals surface area contributed by atoms with Gasteiger partial charge < -0.3 is 9.73 Å². The lowest BCUT2D eigenvalue weighted by atomic mass is 9.83. The summed E-state index contributed by atoms with van der Waals surface area (Å²) >= 11 is 0. The van der Waals surface area contributed by atoms with Crippen molar-refractivity contribution in [3.05, 3.63) is 34.6 Å². The quantitative estimate of drug-likeness (QED) is 0.880. The third kappa shape index (κ3) is 2.55. The average Bonchev–Trinajstić information content (AvgIpc) is 2.71. The van der Waals surface area contributed by atoms with Gasteiger partial charge in [0.15, 0.2) is 0 Å². The van der Waals surface area contributed by atoms with Crippen LogP contribution in [0.1, 0.15) is 50.1 Å². The van der Waals surface area contributed by atoms with Gasteiger partial charge in [-0.25, -0.2) is 0 Å². The van der Waals surface area contributed by atoms with Crippen LogP contribution >= 0.6 is 0 Å². The monoisotopic (exact) mass is 259 g/mol. The molecule has 2 heteroatoms. The lowest BCUT2D eigenvalue weighted by Gasteiger charge is -2.20. The fraction of sp³-hybridized carbons (Fsp3) is 0.529. The van der Waals surface area contributed by atoms with E-state index in [9.17, 15) is 0 Å². The van der Waals surface area contributed by atoms with Crippen molar-refractivity contribution in [2.75, 3.05) is 6.54 Å². The Labute approximate surface area is 116 Å². The van der Waals surface area contributed by atoms with Crippen LogP contribution in [-0.2, 0) is 12.0 Å². The minimum Gasteiger partial charge on any atom is -0.459 e. The zero-order valence-electron chi connectivity index (χ0n) is 13.0. The normalized spacial score (nSPS) is 12.3. The molecule has 2 aromatic rings. The van der Waals surface area contributed by atoms with E-state index in [-0.39, 0.29) is 5.41 Å². The van der Waals surface area contributed by atoms with Gasteiger partial charge in [-0.2, -0.15) is 0 Å². The minimum atomic E-state index is 0.0918. The van der Waals surface area contributed by atoms with Crippen LogP contribution in [0.4, 0.5) is 0 Å². The molecule has 19 heavy (non-hydrogen) atoms. The Morgan fingerprint density at radius 1 is 1.11 bits per heavy atom. The minimum absolute atomic E-state index is 0.0918. The highest BCUT2D eigenvalue weighted by Gasteiger charge is 2.26. The van der Waals surface area contributed by atoms with Crippen molar-refractivity contribution in [2.45, 2.75) is 53.5 Å². The van der Waals surface area contributed by atoms with Crippen molar-refractivity contribution in [1.82, 2.24) is 5.32 Å². The Hall–Kier alpha value is -1.28. The van der Waals surface area contributed by atoms with E-state index < -0.39 is 0 Å². The van der Waals surface area contributed by atoms with Crippen LogP contribution in [0.5, 0.6) is 0 Å². The fourth-order valence-electron chi connectivity index (χ4n) is 2.70. The maximum atomic E-state index is 6.18. The maximum Gasteiger partial charge on any atom is 0.137 e. The highest BCUT2D eigenvalue weighted by atomic mass is 16.3. The van der Waals surface area contributed by atoms with Gasteiger partial charge in [0.05, 0.1) is 6.54 Å². The van der Waals surface area contributed by atoms with Gasteiger partial charge in [0.2, 0.25) is 0 Å². The van der Waals surface area contributed by atoms with Crippen molar-refractivity contribution < 1.29 is 4.42 Å². The molecular formula is C17H25NO. The summed E-state index contributed by atoms with van der Waals surface area (Å²) in [6.07, 6.45) is 0. The van der Waals surface area contributed by atoms with E-state index in [1.54, 1.807) is 0 Å². The zero-order chi connectivity index (χ0) is 14.2. The molecule has 0 bridgehead atoms. The van der Waals surface area contributed by atoms with Gasteiger partial charge in [-0.15, -0.1) is 0 Å². The first-order chi connectivity index (χ1) is 8.86. The van der Waals surface area contributed by atoms with Crippen LogP contribution in [0.2, 0.25) is 0 Å². The number of hydrogen-bond donors (Lipinski definition) is 1. The predicted molar refractivity (Wildman–Crippen MR) is 81.8 cm³/mol. The first-order valence-corrected chi connectivity index (χ1v) is 7.09. The highest BCUT2D eigenvalue weighted by molar-refractivity contribution is 5.89. The molecule has 0 aliphatic carbocycles. The van der Waals surface area contributed by atoms with Crippen LogP contribution in [0.25, 0.3) is 11.0 Å². The molecule has 104 valence electrons. The second-order valence-corrected chi connectivity index (χ2v) is 6.33. The molecule has 1 heterocycles. The van der Waals surface area contributed by atoms with Gasteiger partial charge in [0.1, 0.15) is 11.3 Å². The van der Waals surface area contributed by atoms with Crippen molar-refractivity contribution in [1.29, 1.82) is 0 Å². The second-order valence-electron chi connectivity index (χ2n) is 6.33. The zero-order valence-corrected chi connectivity index (χ0v) is 13.0. The second kappa shape index (κ2) is 5.01. The van der Waals surface area contributed by atoms with Gasteiger partial charge in [-0.1, -0.05) is 39.8 Å².